The van der Waals surface area contributed by atoms with E-state index in [2.05, 4.69) is 29.1 Å². The molecule has 2 heteroatoms. The Morgan fingerprint density at radius 1 is 1.23 bits per heavy atom. The van der Waals surface area contributed by atoms with E-state index >= 15 is 0 Å². The third-order valence-electron chi connectivity index (χ3n) is 2.77. The average Bonchev–Trinajstić information content (AvgIpc) is 2.20. The van der Waals surface area contributed by atoms with Crippen LogP contribution in [0.1, 0.15) is 24.3 Å². The quantitative estimate of drug-likeness (QED) is 0.649. The lowest BCUT2D eigenvalue weighted by atomic mass is 9.90. The molecule has 0 bridgehead atoms. The van der Waals surface area contributed by atoms with Crippen molar-refractivity contribution in [2.24, 2.45) is 0 Å². The number of aromatic nitrogens is 1. The molecule has 2 heterocycles. The molecule has 1 aliphatic heterocycles. The second-order valence-corrected chi connectivity index (χ2v) is 3.67. The molecule has 2 rings (SSSR count). The predicted molar refractivity (Wildman–Crippen MR) is 53.1 cm³/mol. The fourth-order valence-electron chi connectivity index (χ4n) is 1.90. The van der Waals surface area contributed by atoms with E-state index in [0.29, 0.717) is 0 Å². The van der Waals surface area contributed by atoms with E-state index in [1.807, 2.05) is 12.4 Å². The van der Waals surface area contributed by atoms with Gasteiger partial charge < -0.3 is 4.90 Å². The van der Waals surface area contributed by atoms with Crippen molar-refractivity contribution in [3.05, 3.63) is 37.1 Å². The first-order chi connectivity index (χ1) is 6.36. The second-order valence-electron chi connectivity index (χ2n) is 3.67. The summed E-state index contributed by atoms with van der Waals surface area (Å²) >= 11 is 0. The van der Waals surface area contributed by atoms with E-state index in [0.717, 1.165) is 19.0 Å². The van der Waals surface area contributed by atoms with E-state index < -0.39 is 0 Å². The summed E-state index contributed by atoms with van der Waals surface area (Å²) in [5.74, 6) is 0.723. The zero-order valence-electron chi connectivity index (χ0n) is 7.82. The molecule has 1 aromatic rings. The average molecular weight is 175 g/mol. The van der Waals surface area contributed by atoms with Gasteiger partial charge in [-0.25, -0.2) is 0 Å². The van der Waals surface area contributed by atoms with E-state index in [-0.39, 0.29) is 0 Å². The van der Waals surface area contributed by atoms with Gasteiger partial charge in [0.05, 0.1) is 0 Å². The number of pyridine rings is 1. The Hall–Kier alpha value is -0.890. The molecule has 0 atom stereocenters. The number of hydrogen-bond acceptors (Lipinski definition) is 2. The van der Waals surface area contributed by atoms with E-state index in [1.165, 1.54) is 18.4 Å². The number of rotatable bonds is 1. The van der Waals surface area contributed by atoms with Gasteiger partial charge in [0.1, 0.15) is 0 Å². The van der Waals surface area contributed by atoms with Crippen molar-refractivity contribution in [3.63, 3.8) is 0 Å². The maximum Gasteiger partial charge on any atom is 0.0270 e. The van der Waals surface area contributed by atoms with Gasteiger partial charge in [0.2, 0.25) is 0 Å². The monoisotopic (exact) mass is 175 g/mol. The maximum absolute atomic E-state index is 4.03. The Morgan fingerprint density at radius 2 is 1.85 bits per heavy atom. The van der Waals surface area contributed by atoms with Crippen LogP contribution < -0.4 is 0 Å². The van der Waals surface area contributed by atoms with Gasteiger partial charge in [-0.2, -0.15) is 0 Å². The number of hydrogen-bond donors (Lipinski definition) is 0. The van der Waals surface area contributed by atoms with Crippen LogP contribution in [-0.2, 0) is 0 Å². The highest BCUT2D eigenvalue weighted by atomic mass is 15.1. The van der Waals surface area contributed by atoms with Gasteiger partial charge in [-0.3, -0.25) is 4.98 Å². The Morgan fingerprint density at radius 3 is 2.46 bits per heavy atom. The van der Waals surface area contributed by atoms with Crippen molar-refractivity contribution >= 4 is 0 Å². The predicted octanol–water partition coefficient (Wildman–Crippen LogP) is 2.05. The molecule has 0 spiro atoms. The Labute approximate surface area is 79.6 Å². The van der Waals surface area contributed by atoms with Crippen molar-refractivity contribution in [2.75, 3.05) is 13.1 Å². The topological polar surface area (TPSA) is 16.1 Å². The fraction of sp³-hybridized carbons (Fsp3) is 0.455. The smallest absolute Gasteiger partial charge is 0.0270 e. The number of nitrogens with zero attached hydrogens (tertiary/aromatic N) is 2. The molecule has 2 nitrogen and oxygen atoms in total. The van der Waals surface area contributed by atoms with Crippen LogP contribution in [0.25, 0.3) is 0 Å². The Balaban J connectivity index is 2.03. The van der Waals surface area contributed by atoms with E-state index in [4.69, 9.17) is 0 Å². The van der Waals surface area contributed by atoms with Gasteiger partial charge in [-0.15, -0.1) is 0 Å². The molecule has 1 fully saturated rings. The first kappa shape index (κ1) is 8.70. The lowest BCUT2D eigenvalue weighted by molar-refractivity contribution is 0.280. The lowest BCUT2D eigenvalue weighted by Crippen LogP contribution is -2.27. The molecule has 0 unspecified atom stereocenters. The summed E-state index contributed by atoms with van der Waals surface area (Å²) in [6.45, 7) is 2.24. The van der Waals surface area contributed by atoms with Gasteiger partial charge in [0.25, 0.3) is 0 Å². The van der Waals surface area contributed by atoms with Crippen LogP contribution in [0, 0.1) is 7.05 Å². The minimum atomic E-state index is 0.723. The molecule has 1 aliphatic rings. The van der Waals surface area contributed by atoms with Crippen LogP contribution in [0.4, 0.5) is 0 Å². The first-order valence-electron chi connectivity index (χ1n) is 4.81. The largest absolute Gasteiger partial charge is 0.302 e. The van der Waals surface area contributed by atoms with Crippen LogP contribution in [-0.4, -0.2) is 23.0 Å². The summed E-state index contributed by atoms with van der Waals surface area (Å²) < 4.78 is 0. The SMILES string of the molecule is [CH2]N1CCC(c2ccncc2)CC1. The zero-order valence-corrected chi connectivity index (χ0v) is 7.82. The normalized spacial score (nSPS) is 20.4. The highest BCUT2D eigenvalue weighted by Gasteiger charge is 2.17. The summed E-state index contributed by atoms with van der Waals surface area (Å²) in [5, 5.41) is 0. The highest BCUT2D eigenvalue weighted by molar-refractivity contribution is 5.16. The van der Waals surface area contributed by atoms with Crippen molar-refractivity contribution in [1.82, 2.24) is 9.88 Å². The molecule has 13 heavy (non-hydrogen) atoms. The van der Waals surface area contributed by atoms with Crippen molar-refractivity contribution in [3.8, 4) is 0 Å². The first-order valence-corrected chi connectivity index (χ1v) is 4.81. The number of piperidine rings is 1. The molecule has 69 valence electrons. The van der Waals surface area contributed by atoms with Crippen LogP contribution in [0.5, 0.6) is 0 Å². The Kier molecular flexibility index (Phi) is 2.60. The zero-order chi connectivity index (χ0) is 9.10. The van der Waals surface area contributed by atoms with Gasteiger partial charge in [0, 0.05) is 19.4 Å². The molecule has 0 aliphatic carbocycles. The number of likely N-dealkylation sites (tertiary alicyclic amines) is 1. The summed E-state index contributed by atoms with van der Waals surface area (Å²) in [6.07, 6.45) is 6.22. The standard InChI is InChI=1S/C11H15N2/c1-13-8-4-11(5-9-13)10-2-6-12-7-3-10/h2-3,6-7,11H,1,4-5,8-9H2. The fourth-order valence-corrected chi connectivity index (χ4v) is 1.90. The van der Waals surface area contributed by atoms with Crippen molar-refractivity contribution < 1.29 is 0 Å². The highest BCUT2D eigenvalue weighted by Crippen LogP contribution is 2.26. The van der Waals surface area contributed by atoms with Crippen LogP contribution in [0.3, 0.4) is 0 Å². The minimum Gasteiger partial charge on any atom is -0.302 e. The van der Waals surface area contributed by atoms with E-state index in [1.54, 1.807) is 0 Å². The second kappa shape index (κ2) is 3.88. The maximum atomic E-state index is 4.03. The third-order valence-corrected chi connectivity index (χ3v) is 2.77. The van der Waals surface area contributed by atoms with Crippen molar-refractivity contribution in [1.29, 1.82) is 0 Å². The minimum absolute atomic E-state index is 0.723. The van der Waals surface area contributed by atoms with Gasteiger partial charge in [-0.1, -0.05) is 0 Å². The molecule has 0 amide bonds. The molecule has 1 saturated heterocycles. The Bertz CT molecular complexity index is 250. The molecule has 1 aromatic heterocycles. The molecule has 1 radical (unpaired) electrons. The summed E-state index contributed by atoms with van der Waals surface area (Å²) in [6, 6.07) is 4.26. The third kappa shape index (κ3) is 2.07. The van der Waals surface area contributed by atoms with Crippen LogP contribution in [0.2, 0.25) is 0 Å². The summed E-state index contributed by atoms with van der Waals surface area (Å²) in [7, 11) is 3.95. The molecular formula is C11H15N2. The van der Waals surface area contributed by atoms with Crippen LogP contribution >= 0.6 is 0 Å². The molecule has 0 aromatic carbocycles. The lowest BCUT2D eigenvalue weighted by Gasteiger charge is -2.28. The van der Waals surface area contributed by atoms with Gasteiger partial charge >= 0.3 is 0 Å². The van der Waals surface area contributed by atoms with Gasteiger partial charge in [-0.05, 0) is 49.5 Å². The summed E-state index contributed by atoms with van der Waals surface area (Å²) in [4.78, 5) is 6.18. The molecular weight excluding hydrogens is 160 g/mol. The summed E-state index contributed by atoms with van der Waals surface area (Å²) in [5.41, 5.74) is 1.43. The molecule has 0 N–H and O–H groups in total. The van der Waals surface area contributed by atoms with Crippen LogP contribution in [0.15, 0.2) is 24.5 Å². The molecule has 0 saturated carbocycles. The van der Waals surface area contributed by atoms with E-state index in [9.17, 15) is 0 Å². The van der Waals surface area contributed by atoms with Crippen molar-refractivity contribution in [2.45, 2.75) is 18.8 Å². The van der Waals surface area contributed by atoms with Gasteiger partial charge in [0.15, 0.2) is 0 Å².